The highest BCUT2D eigenvalue weighted by molar-refractivity contribution is 7.99. The molecule has 0 saturated carbocycles. The Morgan fingerprint density at radius 2 is 1.94 bits per heavy atom. The molecule has 2 nitrogen and oxygen atoms in total. The van der Waals surface area contributed by atoms with Gasteiger partial charge in [0.1, 0.15) is 0 Å². The second kappa shape index (κ2) is 6.34. The van der Waals surface area contributed by atoms with Gasteiger partial charge in [-0.3, -0.25) is 0 Å². The Morgan fingerprint density at radius 1 is 1.24 bits per heavy atom. The van der Waals surface area contributed by atoms with Crippen LogP contribution < -0.4 is 0 Å². The maximum atomic E-state index is 2.27. The predicted molar refractivity (Wildman–Crippen MR) is 79.4 cm³/mol. The number of aryl methyl sites for hydroxylation is 1. The van der Waals surface area contributed by atoms with E-state index >= 15 is 0 Å². The van der Waals surface area contributed by atoms with E-state index in [1.54, 1.807) is 0 Å². The number of halogens is 1. The molecule has 1 heterocycles. The summed E-state index contributed by atoms with van der Waals surface area (Å²) >= 11 is 1.92. The number of hydrogen-bond donors (Lipinski definition) is 0. The smallest absolute Gasteiger partial charge is 0.0756 e. The van der Waals surface area contributed by atoms with Gasteiger partial charge in [0, 0.05) is 30.2 Å². The monoisotopic (exact) mass is 270 g/mol. The van der Waals surface area contributed by atoms with Gasteiger partial charge in [0.05, 0.1) is 5.03 Å². The zero-order valence-electron chi connectivity index (χ0n) is 10.5. The zero-order chi connectivity index (χ0) is 11.5. The first kappa shape index (κ1) is 14.4. The number of aromatic nitrogens is 1. The Balaban J connectivity index is 0.00000144. The number of para-hydroxylation sites is 1. The van der Waals surface area contributed by atoms with Crippen molar-refractivity contribution in [2.24, 2.45) is 7.05 Å². The molecule has 0 saturated heterocycles. The van der Waals surface area contributed by atoms with Gasteiger partial charge in [-0.15, -0.1) is 24.2 Å². The quantitative estimate of drug-likeness (QED) is 0.788. The Bertz CT molecular complexity index is 479. The van der Waals surface area contributed by atoms with Crippen molar-refractivity contribution in [3.05, 3.63) is 30.3 Å². The molecule has 0 bridgehead atoms. The standard InChI is InChI=1S/C13H18N2S.ClH/c1-14(2)8-9-16-13-10-11-6-4-5-7-12(11)15(13)3;/h4-7,10H,8-9H2,1-3H3;1H. The van der Waals surface area contributed by atoms with Crippen LogP contribution in [0.25, 0.3) is 10.9 Å². The summed E-state index contributed by atoms with van der Waals surface area (Å²) in [6, 6.07) is 10.8. The van der Waals surface area contributed by atoms with Crippen molar-refractivity contribution in [2.75, 3.05) is 26.4 Å². The van der Waals surface area contributed by atoms with Crippen LogP contribution in [0, 0.1) is 0 Å². The molecule has 4 heteroatoms. The summed E-state index contributed by atoms with van der Waals surface area (Å²) in [5.74, 6) is 1.14. The predicted octanol–water partition coefficient (Wildman–Crippen LogP) is 3.25. The van der Waals surface area contributed by atoms with Crippen molar-refractivity contribution in [3.63, 3.8) is 0 Å². The number of fused-ring (bicyclic) bond motifs is 1. The van der Waals surface area contributed by atoms with Gasteiger partial charge >= 0.3 is 0 Å². The molecule has 1 aromatic carbocycles. The molecule has 0 aliphatic rings. The third-order valence-electron chi connectivity index (χ3n) is 2.70. The molecule has 0 unspecified atom stereocenters. The highest BCUT2D eigenvalue weighted by atomic mass is 35.5. The maximum absolute atomic E-state index is 2.27. The minimum atomic E-state index is 0. The largest absolute Gasteiger partial charge is 0.339 e. The molecule has 1 aromatic heterocycles. The van der Waals surface area contributed by atoms with Crippen molar-refractivity contribution in [2.45, 2.75) is 5.03 Å². The van der Waals surface area contributed by atoms with E-state index in [2.05, 4.69) is 60.9 Å². The first-order valence-electron chi connectivity index (χ1n) is 5.50. The number of rotatable bonds is 4. The molecule has 0 fully saturated rings. The summed E-state index contributed by atoms with van der Waals surface area (Å²) in [5.41, 5.74) is 1.31. The Hall–Kier alpha value is -0.640. The molecule has 17 heavy (non-hydrogen) atoms. The number of hydrogen-bond acceptors (Lipinski definition) is 2. The summed E-state index contributed by atoms with van der Waals surface area (Å²) < 4.78 is 2.27. The molecular formula is C13H19ClN2S. The summed E-state index contributed by atoms with van der Waals surface area (Å²) in [6.07, 6.45) is 0. The Kier molecular flexibility index (Phi) is 5.37. The van der Waals surface area contributed by atoms with Crippen LogP contribution in [-0.2, 0) is 7.05 Å². The number of benzene rings is 1. The summed E-state index contributed by atoms with van der Waals surface area (Å²) in [6.45, 7) is 1.12. The first-order chi connectivity index (χ1) is 7.68. The van der Waals surface area contributed by atoms with Gasteiger partial charge in [0.2, 0.25) is 0 Å². The van der Waals surface area contributed by atoms with Crippen LogP contribution in [-0.4, -0.2) is 35.9 Å². The molecule has 0 spiro atoms. The normalized spacial score (nSPS) is 10.8. The van der Waals surface area contributed by atoms with Gasteiger partial charge in [0.15, 0.2) is 0 Å². The Morgan fingerprint density at radius 3 is 2.59 bits per heavy atom. The van der Waals surface area contributed by atoms with Crippen LogP contribution in [0.15, 0.2) is 35.4 Å². The highest BCUT2D eigenvalue weighted by Crippen LogP contribution is 2.26. The van der Waals surface area contributed by atoms with E-state index in [9.17, 15) is 0 Å². The van der Waals surface area contributed by atoms with Gasteiger partial charge in [0.25, 0.3) is 0 Å². The van der Waals surface area contributed by atoms with Gasteiger partial charge in [-0.05, 0) is 26.2 Å². The van der Waals surface area contributed by atoms with E-state index in [-0.39, 0.29) is 12.4 Å². The van der Waals surface area contributed by atoms with Crippen molar-refractivity contribution < 1.29 is 0 Å². The van der Waals surface area contributed by atoms with E-state index in [4.69, 9.17) is 0 Å². The summed E-state index contributed by atoms with van der Waals surface area (Å²) in [5, 5.41) is 2.68. The lowest BCUT2D eigenvalue weighted by molar-refractivity contribution is 0.437. The molecule has 0 N–H and O–H groups in total. The molecule has 0 aliphatic heterocycles. The summed E-state index contributed by atoms with van der Waals surface area (Å²) in [4.78, 5) is 2.22. The maximum Gasteiger partial charge on any atom is 0.0756 e. The molecule has 0 radical (unpaired) electrons. The molecule has 0 atom stereocenters. The number of thioether (sulfide) groups is 1. The fraction of sp³-hybridized carbons (Fsp3) is 0.385. The highest BCUT2D eigenvalue weighted by Gasteiger charge is 2.05. The van der Waals surface area contributed by atoms with E-state index in [1.165, 1.54) is 15.9 Å². The van der Waals surface area contributed by atoms with Crippen LogP contribution in [0.5, 0.6) is 0 Å². The van der Waals surface area contributed by atoms with Gasteiger partial charge in [-0.25, -0.2) is 0 Å². The van der Waals surface area contributed by atoms with Crippen LogP contribution in [0.1, 0.15) is 0 Å². The third-order valence-corrected chi connectivity index (χ3v) is 3.77. The van der Waals surface area contributed by atoms with Crippen molar-refractivity contribution in [1.82, 2.24) is 9.47 Å². The molecule has 94 valence electrons. The average molecular weight is 271 g/mol. The Labute approximate surface area is 113 Å². The van der Waals surface area contributed by atoms with E-state index < -0.39 is 0 Å². The minimum Gasteiger partial charge on any atom is -0.339 e. The fourth-order valence-corrected chi connectivity index (χ4v) is 2.90. The fourth-order valence-electron chi connectivity index (χ4n) is 1.73. The first-order valence-corrected chi connectivity index (χ1v) is 6.49. The third kappa shape index (κ3) is 3.41. The summed E-state index contributed by atoms with van der Waals surface area (Å²) in [7, 11) is 6.37. The zero-order valence-corrected chi connectivity index (χ0v) is 12.1. The van der Waals surface area contributed by atoms with Crippen molar-refractivity contribution in [3.8, 4) is 0 Å². The second-order valence-corrected chi connectivity index (χ2v) is 5.37. The van der Waals surface area contributed by atoms with Crippen LogP contribution >= 0.6 is 24.2 Å². The van der Waals surface area contributed by atoms with E-state index in [1.807, 2.05) is 11.8 Å². The van der Waals surface area contributed by atoms with Crippen LogP contribution in [0.4, 0.5) is 0 Å². The second-order valence-electron chi connectivity index (χ2n) is 4.25. The molecular weight excluding hydrogens is 252 g/mol. The molecule has 0 amide bonds. The van der Waals surface area contributed by atoms with Gasteiger partial charge < -0.3 is 9.47 Å². The lowest BCUT2D eigenvalue weighted by Crippen LogP contribution is -2.14. The SMILES string of the molecule is CN(C)CCSc1cc2ccccc2n1C.Cl. The molecule has 2 rings (SSSR count). The lowest BCUT2D eigenvalue weighted by Gasteiger charge is -2.09. The van der Waals surface area contributed by atoms with E-state index in [0.717, 1.165) is 12.3 Å². The van der Waals surface area contributed by atoms with Gasteiger partial charge in [-0.2, -0.15) is 0 Å². The van der Waals surface area contributed by atoms with Crippen molar-refractivity contribution >= 4 is 35.1 Å². The van der Waals surface area contributed by atoms with Gasteiger partial charge in [-0.1, -0.05) is 18.2 Å². The molecule has 0 aliphatic carbocycles. The molecule has 2 aromatic rings. The van der Waals surface area contributed by atoms with Crippen LogP contribution in [0.3, 0.4) is 0 Å². The topological polar surface area (TPSA) is 8.17 Å². The minimum absolute atomic E-state index is 0. The number of nitrogens with zero attached hydrogens (tertiary/aromatic N) is 2. The van der Waals surface area contributed by atoms with Crippen LogP contribution in [0.2, 0.25) is 0 Å². The van der Waals surface area contributed by atoms with E-state index in [0.29, 0.717) is 0 Å². The van der Waals surface area contributed by atoms with Crippen molar-refractivity contribution in [1.29, 1.82) is 0 Å². The average Bonchev–Trinajstić information content (AvgIpc) is 2.56. The lowest BCUT2D eigenvalue weighted by atomic mass is 10.2.